The van der Waals surface area contributed by atoms with Crippen molar-refractivity contribution in [2.75, 3.05) is 5.73 Å². The van der Waals surface area contributed by atoms with Crippen molar-refractivity contribution in [1.29, 1.82) is 0 Å². The molecule has 0 bridgehead atoms. The maximum atomic E-state index is 5.78. The van der Waals surface area contributed by atoms with Gasteiger partial charge in [-0.05, 0) is 25.5 Å². The van der Waals surface area contributed by atoms with E-state index in [1.807, 2.05) is 6.07 Å². The van der Waals surface area contributed by atoms with Crippen molar-refractivity contribution < 1.29 is 0 Å². The Kier molecular flexibility index (Phi) is 2.00. The van der Waals surface area contributed by atoms with Crippen LogP contribution in [0.5, 0.6) is 0 Å². The second kappa shape index (κ2) is 3.18. The third kappa shape index (κ3) is 1.37. The van der Waals surface area contributed by atoms with Gasteiger partial charge in [-0.3, -0.25) is 0 Å². The molecule has 2 rings (SSSR count). The van der Waals surface area contributed by atoms with Crippen LogP contribution in [0.15, 0.2) is 30.5 Å². The van der Waals surface area contributed by atoms with Crippen LogP contribution >= 0.6 is 0 Å². The zero-order valence-corrected chi connectivity index (χ0v) is 8.36. The summed E-state index contributed by atoms with van der Waals surface area (Å²) in [7, 11) is 0. The van der Waals surface area contributed by atoms with E-state index in [9.17, 15) is 0 Å². The Bertz CT molecular complexity index is 457. The minimum Gasteiger partial charge on any atom is -0.384 e. The van der Waals surface area contributed by atoms with Gasteiger partial charge in [0.05, 0.1) is 11.9 Å². The van der Waals surface area contributed by atoms with Crippen molar-refractivity contribution in [3.8, 4) is 5.69 Å². The largest absolute Gasteiger partial charge is 0.384 e. The van der Waals surface area contributed by atoms with Crippen LogP contribution in [0.1, 0.15) is 11.1 Å². The molecule has 0 spiro atoms. The van der Waals surface area contributed by atoms with Crippen LogP contribution in [0, 0.1) is 13.8 Å². The van der Waals surface area contributed by atoms with E-state index < -0.39 is 0 Å². The summed E-state index contributed by atoms with van der Waals surface area (Å²) in [6, 6.07) is 8.01. The lowest BCUT2D eigenvalue weighted by molar-refractivity contribution is 0.882. The van der Waals surface area contributed by atoms with E-state index in [0.29, 0.717) is 5.82 Å². The summed E-state index contributed by atoms with van der Waals surface area (Å²) >= 11 is 0. The lowest BCUT2D eigenvalue weighted by Gasteiger charge is -2.08. The van der Waals surface area contributed by atoms with Crippen LogP contribution in [0.2, 0.25) is 0 Å². The highest BCUT2D eigenvalue weighted by Crippen LogP contribution is 2.17. The van der Waals surface area contributed by atoms with E-state index in [-0.39, 0.29) is 0 Å². The number of benzene rings is 1. The molecule has 1 aromatic carbocycles. The summed E-state index contributed by atoms with van der Waals surface area (Å²) in [5, 5.41) is 4.17. The fourth-order valence-corrected chi connectivity index (χ4v) is 1.56. The van der Waals surface area contributed by atoms with E-state index in [4.69, 9.17) is 5.73 Å². The molecule has 0 saturated heterocycles. The molecule has 2 N–H and O–H groups in total. The first-order valence-electron chi connectivity index (χ1n) is 4.55. The summed E-state index contributed by atoms with van der Waals surface area (Å²) in [6.07, 6.45) is 1.70. The van der Waals surface area contributed by atoms with Crippen LogP contribution in [0.4, 0.5) is 5.82 Å². The predicted octanol–water partition coefficient (Wildman–Crippen LogP) is 2.07. The molecule has 1 heterocycles. The number of rotatable bonds is 1. The summed E-state index contributed by atoms with van der Waals surface area (Å²) in [4.78, 5) is 0. The fourth-order valence-electron chi connectivity index (χ4n) is 1.56. The van der Waals surface area contributed by atoms with Gasteiger partial charge < -0.3 is 5.73 Å². The van der Waals surface area contributed by atoms with Gasteiger partial charge in [0.15, 0.2) is 0 Å². The van der Waals surface area contributed by atoms with Crippen LogP contribution in [-0.2, 0) is 0 Å². The SMILES string of the molecule is Cc1ccc(-n2nccc2N)c(C)c1. The standard InChI is InChI=1S/C11H13N3/c1-8-3-4-10(9(2)7-8)14-11(12)5-6-13-14/h3-7H,12H2,1-2H3. The Morgan fingerprint density at radius 2 is 2.00 bits per heavy atom. The molecular formula is C11H13N3. The third-order valence-corrected chi connectivity index (χ3v) is 2.25. The molecule has 0 radical (unpaired) electrons. The van der Waals surface area contributed by atoms with Crippen LogP contribution in [-0.4, -0.2) is 9.78 Å². The molecule has 2 aromatic rings. The molecule has 1 aromatic heterocycles. The molecule has 72 valence electrons. The number of hydrogen-bond acceptors (Lipinski definition) is 2. The Labute approximate surface area is 83.2 Å². The molecule has 0 fully saturated rings. The van der Waals surface area contributed by atoms with Crippen molar-refractivity contribution >= 4 is 5.82 Å². The van der Waals surface area contributed by atoms with Crippen molar-refractivity contribution in [1.82, 2.24) is 9.78 Å². The highest BCUT2D eigenvalue weighted by Gasteiger charge is 2.04. The number of aryl methyl sites for hydroxylation is 2. The minimum atomic E-state index is 0.664. The molecule has 0 unspecified atom stereocenters. The maximum Gasteiger partial charge on any atom is 0.127 e. The first-order chi connectivity index (χ1) is 6.68. The summed E-state index contributed by atoms with van der Waals surface area (Å²) in [6.45, 7) is 4.13. The molecule has 14 heavy (non-hydrogen) atoms. The van der Waals surface area contributed by atoms with Crippen LogP contribution in [0.25, 0.3) is 5.69 Å². The lowest BCUT2D eigenvalue weighted by atomic mass is 10.1. The number of nitrogen functional groups attached to an aromatic ring is 1. The molecule has 3 heteroatoms. The van der Waals surface area contributed by atoms with Gasteiger partial charge >= 0.3 is 0 Å². The smallest absolute Gasteiger partial charge is 0.127 e. The highest BCUT2D eigenvalue weighted by molar-refractivity contribution is 5.47. The van der Waals surface area contributed by atoms with Crippen molar-refractivity contribution in [3.05, 3.63) is 41.6 Å². The Morgan fingerprint density at radius 1 is 1.21 bits per heavy atom. The number of aromatic nitrogens is 2. The van der Waals surface area contributed by atoms with Crippen molar-refractivity contribution in [2.45, 2.75) is 13.8 Å². The van der Waals surface area contributed by atoms with Gasteiger partial charge in [-0.15, -0.1) is 0 Å². The lowest BCUT2D eigenvalue weighted by Crippen LogP contribution is -2.03. The second-order valence-electron chi connectivity index (χ2n) is 3.46. The van der Waals surface area contributed by atoms with Gasteiger partial charge in [0, 0.05) is 6.07 Å². The average molecular weight is 187 g/mol. The van der Waals surface area contributed by atoms with Crippen molar-refractivity contribution in [3.63, 3.8) is 0 Å². The molecule has 0 saturated carbocycles. The fraction of sp³-hybridized carbons (Fsp3) is 0.182. The predicted molar refractivity (Wildman–Crippen MR) is 57.5 cm³/mol. The summed E-state index contributed by atoms with van der Waals surface area (Å²) < 4.78 is 1.74. The normalized spacial score (nSPS) is 10.4. The van der Waals surface area contributed by atoms with Crippen molar-refractivity contribution in [2.24, 2.45) is 0 Å². The summed E-state index contributed by atoms with van der Waals surface area (Å²) in [5.41, 5.74) is 9.25. The minimum absolute atomic E-state index is 0.664. The molecule has 0 aliphatic heterocycles. The van der Waals surface area contributed by atoms with Crippen LogP contribution < -0.4 is 5.73 Å². The number of nitrogens with zero attached hydrogens (tertiary/aromatic N) is 2. The van der Waals surface area contributed by atoms with E-state index >= 15 is 0 Å². The molecule has 0 aliphatic carbocycles. The number of anilines is 1. The molecule has 3 nitrogen and oxygen atoms in total. The zero-order valence-electron chi connectivity index (χ0n) is 8.36. The zero-order chi connectivity index (χ0) is 10.1. The van der Waals surface area contributed by atoms with Gasteiger partial charge in [0.25, 0.3) is 0 Å². The van der Waals surface area contributed by atoms with Gasteiger partial charge in [-0.1, -0.05) is 17.7 Å². The van der Waals surface area contributed by atoms with Gasteiger partial charge in [-0.2, -0.15) is 5.10 Å². The Morgan fingerprint density at radius 3 is 2.57 bits per heavy atom. The molecular weight excluding hydrogens is 174 g/mol. The van der Waals surface area contributed by atoms with Gasteiger partial charge in [0.2, 0.25) is 0 Å². The number of hydrogen-bond donors (Lipinski definition) is 1. The first kappa shape index (κ1) is 8.81. The second-order valence-corrected chi connectivity index (χ2v) is 3.46. The quantitative estimate of drug-likeness (QED) is 0.742. The van der Waals surface area contributed by atoms with E-state index in [1.54, 1.807) is 16.9 Å². The first-order valence-corrected chi connectivity index (χ1v) is 4.55. The van der Waals surface area contributed by atoms with Crippen LogP contribution in [0.3, 0.4) is 0 Å². The average Bonchev–Trinajstić information content (AvgIpc) is 2.52. The molecule has 0 atom stereocenters. The van der Waals surface area contributed by atoms with Gasteiger partial charge in [-0.25, -0.2) is 4.68 Å². The van der Waals surface area contributed by atoms with E-state index in [2.05, 4.69) is 31.1 Å². The van der Waals surface area contributed by atoms with E-state index in [1.165, 1.54) is 11.1 Å². The third-order valence-electron chi connectivity index (χ3n) is 2.25. The number of nitrogens with two attached hydrogens (primary N) is 1. The van der Waals surface area contributed by atoms with E-state index in [0.717, 1.165) is 5.69 Å². The Hall–Kier alpha value is -1.77. The highest BCUT2D eigenvalue weighted by atomic mass is 15.3. The summed E-state index contributed by atoms with van der Waals surface area (Å²) in [5.74, 6) is 0.664. The molecule has 0 aliphatic rings. The molecule has 0 amide bonds. The monoisotopic (exact) mass is 187 g/mol. The Balaban J connectivity index is 2.58. The van der Waals surface area contributed by atoms with Gasteiger partial charge in [0.1, 0.15) is 5.82 Å². The maximum absolute atomic E-state index is 5.78. The topological polar surface area (TPSA) is 43.8 Å².